The molecule has 0 aliphatic rings. The van der Waals surface area contributed by atoms with Crippen LogP contribution in [0.1, 0.15) is 20.3 Å². The SMILES string of the molecule is C=CCON(CCC)C(C)CN. The molecule has 0 radical (unpaired) electrons. The van der Waals surface area contributed by atoms with Crippen molar-refractivity contribution in [2.45, 2.75) is 26.3 Å². The van der Waals surface area contributed by atoms with E-state index in [2.05, 4.69) is 20.4 Å². The van der Waals surface area contributed by atoms with E-state index in [1.54, 1.807) is 6.08 Å². The van der Waals surface area contributed by atoms with Crippen LogP contribution >= 0.6 is 0 Å². The highest BCUT2D eigenvalue weighted by Gasteiger charge is 2.10. The van der Waals surface area contributed by atoms with Crippen LogP contribution in [0.5, 0.6) is 0 Å². The van der Waals surface area contributed by atoms with Gasteiger partial charge in [-0.2, -0.15) is 5.06 Å². The van der Waals surface area contributed by atoms with Crippen molar-refractivity contribution in [3.8, 4) is 0 Å². The van der Waals surface area contributed by atoms with Crippen molar-refractivity contribution >= 4 is 0 Å². The maximum Gasteiger partial charge on any atom is 0.0864 e. The quantitative estimate of drug-likeness (QED) is 0.462. The average Bonchev–Trinajstić information content (AvgIpc) is 2.11. The van der Waals surface area contributed by atoms with E-state index >= 15 is 0 Å². The van der Waals surface area contributed by atoms with Crippen LogP contribution in [0.25, 0.3) is 0 Å². The highest BCUT2D eigenvalue weighted by molar-refractivity contribution is 4.65. The molecule has 3 heteroatoms. The van der Waals surface area contributed by atoms with E-state index in [4.69, 9.17) is 10.6 Å². The third-order valence-electron chi connectivity index (χ3n) is 1.63. The monoisotopic (exact) mass is 172 g/mol. The fraction of sp³-hybridized carbons (Fsp3) is 0.778. The van der Waals surface area contributed by atoms with E-state index in [1.807, 2.05) is 5.06 Å². The van der Waals surface area contributed by atoms with Gasteiger partial charge in [0.05, 0.1) is 6.61 Å². The first-order chi connectivity index (χ1) is 5.76. The number of hydrogen-bond donors (Lipinski definition) is 1. The molecule has 12 heavy (non-hydrogen) atoms. The zero-order valence-corrected chi connectivity index (χ0v) is 8.12. The van der Waals surface area contributed by atoms with E-state index in [9.17, 15) is 0 Å². The third kappa shape index (κ3) is 4.49. The molecule has 1 unspecified atom stereocenters. The Morgan fingerprint density at radius 2 is 2.33 bits per heavy atom. The summed E-state index contributed by atoms with van der Waals surface area (Å²) in [6, 6.07) is 0.282. The predicted octanol–water partition coefficient (Wildman–Crippen LogP) is 1.16. The maximum atomic E-state index is 5.53. The lowest BCUT2D eigenvalue weighted by Gasteiger charge is -2.26. The predicted molar refractivity (Wildman–Crippen MR) is 51.7 cm³/mol. The van der Waals surface area contributed by atoms with Crippen molar-refractivity contribution in [3.05, 3.63) is 12.7 Å². The van der Waals surface area contributed by atoms with Gasteiger partial charge in [0, 0.05) is 19.1 Å². The zero-order valence-electron chi connectivity index (χ0n) is 8.12. The van der Waals surface area contributed by atoms with E-state index in [-0.39, 0.29) is 6.04 Å². The molecular formula is C9H20N2O. The van der Waals surface area contributed by atoms with Crippen LogP contribution in [0.4, 0.5) is 0 Å². The van der Waals surface area contributed by atoms with Gasteiger partial charge in [-0.25, -0.2) is 0 Å². The Bertz CT molecular complexity index is 117. The Labute approximate surface area is 75.1 Å². The smallest absolute Gasteiger partial charge is 0.0864 e. The van der Waals surface area contributed by atoms with Crippen LogP contribution in [0.15, 0.2) is 12.7 Å². The van der Waals surface area contributed by atoms with Gasteiger partial charge < -0.3 is 5.73 Å². The summed E-state index contributed by atoms with van der Waals surface area (Å²) < 4.78 is 0. The highest BCUT2D eigenvalue weighted by atomic mass is 16.7. The lowest BCUT2D eigenvalue weighted by atomic mass is 10.3. The van der Waals surface area contributed by atoms with Crippen LogP contribution in [-0.2, 0) is 4.84 Å². The van der Waals surface area contributed by atoms with Crippen molar-refractivity contribution < 1.29 is 4.84 Å². The number of nitrogens with two attached hydrogens (primary N) is 1. The van der Waals surface area contributed by atoms with Gasteiger partial charge >= 0.3 is 0 Å². The number of nitrogens with zero attached hydrogens (tertiary/aromatic N) is 1. The molecule has 2 N–H and O–H groups in total. The highest BCUT2D eigenvalue weighted by Crippen LogP contribution is 2.00. The number of hydrogen-bond acceptors (Lipinski definition) is 3. The largest absolute Gasteiger partial charge is 0.329 e. The van der Waals surface area contributed by atoms with Gasteiger partial charge in [0.1, 0.15) is 0 Å². The molecule has 0 saturated heterocycles. The van der Waals surface area contributed by atoms with E-state index < -0.39 is 0 Å². The normalized spacial score (nSPS) is 13.3. The minimum absolute atomic E-state index is 0.282. The molecule has 0 bridgehead atoms. The summed E-state index contributed by atoms with van der Waals surface area (Å²) in [5.74, 6) is 0. The summed E-state index contributed by atoms with van der Waals surface area (Å²) in [5, 5.41) is 1.92. The van der Waals surface area contributed by atoms with Gasteiger partial charge in [0.25, 0.3) is 0 Å². The van der Waals surface area contributed by atoms with Crippen molar-refractivity contribution in [2.75, 3.05) is 19.7 Å². The van der Waals surface area contributed by atoms with Gasteiger partial charge in [0.15, 0.2) is 0 Å². The zero-order chi connectivity index (χ0) is 9.40. The summed E-state index contributed by atoms with van der Waals surface area (Å²) in [5.41, 5.74) is 5.53. The maximum absolute atomic E-state index is 5.53. The Kier molecular flexibility index (Phi) is 7.05. The first kappa shape index (κ1) is 11.6. The molecule has 0 aromatic carbocycles. The number of rotatable bonds is 7. The third-order valence-corrected chi connectivity index (χ3v) is 1.63. The molecule has 0 aliphatic heterocycles. The summed E-state index contributed by atoms with van der Waals surface area (Å²) >= 11 is 0. The Hall–Kier alpha value is -0.380. The first-order valence-corrected chi connectivity index (χ1v) is 4.46. The summed E-state index contributed by atoms with van der Waals surface area (Å²) in [7, 11) is 0. The Morgan fingerprint density at radius 1 is 1.67 bits per heavy atom. The van der Waals surface area contributed by atoms with Gasteiger partial charge in [-0.1, -0.05) is 13.0 Å². The van der Waals surface area contributed by atoms with E-state index in [0.29, 0.717) is 13.2 Å². The standard InChI is InChI=1S/C9H20N2O/c1-4-6-11(9(3)8-10)12-7-5-2/h5,9H,2,4,6-8,10H2,1,3H3. The summed E-state index contributed by atoms with van der Waals surface area (Å²) in [4.78, 5) is 5.42. The fourth-order valence-electron chi connectivity index (χ4n) is 0.899. The molecule has 0 heterocycles. The lowest BCUT2D eigenvalue weighted by Crippen LogP contribution is -2.38. The molecular weight excluding hydrogens is 152 g/mol. The molecule has 0 amide bonds. The molecule has 0 fully saturated rings. The van der Waals surface area contributed by atoms with Crippen molar-refractivity contribution in [1.82, 2.24) is 5.06 Å². The van der Waals surface area contributed by atoms with E-state index in [0.717, 1.165) is 13.0 Å². The van der Waals surface area contributed by atoms with Crippen LogP contribution in [0.2, 0.25) is 0 Å². The van der Waals surface area contributed by atoms with Gasteiger partial charge in [-0.15, -0.1) is 6.58 Å². The van der Waals surface area contributed by atoms with Crippen molar-refractivity contribution in [3.63, 3.8) is 0 Å². The Morgan fingerprint density at radius 3 is 2.75 bits per heavy atom. The molecule has 0 saturated carbocycles. The van der Waals surface area contributed by atoms with Crippen LogP contribution in [0.3, 0.4) is 0 Å². The molecule has 0 aromatic rings. The first-order valence-electron chi connectivity index (χ1n) is 4.46. The van der Waals surface area contributed by atoms with Gasteiger partial charge in [-0.05, 0) is 13.3 Å². The molecule has 72 valence electrons. The van der Waals surface area contributed by atoms with E-state index in [1.165, 1.54) is 0 Å². The molecule has 0 spiro atoms. The second-order valence-electron chi connectivity index (χ2n) is 2.81. The fourth-order valence-corrected chi connectivity index (χ4v) is 0.899. The van der Waals surface area contributed by atoms with Crippen LogP contribution in [-0.4, -0.2) is 30.8 Å². The van der Waals surface area contributed by atoms with Crippen LogP contribution < -0.4 is 5.73 Å². The topological polar surface area (TPSA) is 38.5 Å². The second-order valence-corrected chi connectivity index (χ2v) is 2.81. The average molecular weight is 172 g/mol. The van der Waals surface area contributed by atoms with Crippen LogP contribution in [0, 0.1) is 0 Å². The summed E-state index contributed by atoms with van der Waals surface area (Å²) in [6.07, 6.45) is 2.81. The Balaban J connectivity index is 3.75. The molecule has 1 atom stereocenters. The number of hydroxylamine groups is 2. The minimum Gasteiger partial charge on any atom is -0.329 e. The second kappa shape index (κ2) is 7.28. The molecule has 0 aromatic heterocycles. The lowest BCUT2D eigenvalue weighted by molar-refractivity contribution is -0.170. The minimum atomic E-state index is 0.282. The van der Waals surface area contributed by atoms with Gasteiger partial charge in [-0.3, -0.25) is 4.84 Å². The molecule has 0 aliphatic carbocycles. The molecule has 0 rings (SSSR count). The van der Waals surface area contributed by atoms with Gasteiger partial charge in [0.2, 0.25) is 0 Å². The summed E-state index contributed by atoms with van der Waals surface area (Å²) in [6.45, 7) is 9.87. The van der Waals surface area contributed by atoms with Crippen molar-refractivity contribution in [2.24, 2.45) is 5.73 Å². The van der Waals surface area contributed by atoms with Crippen molar-refractivity contribution in [1.29, 1.82) is 0 Å². The molecule has 3 nitrogen and oxygen atoms in total.